The summed E-state index contributed by atoms with van der Waals surface area (Å²) >= 11 is 7.38. The molecule has 6 N–H and O–H groups in total. The van der Waals surface area contributed by atoms with Crippen molar-refractivity contribution < 1.29 is 9.90 Å². The molecule has 0 radical (unpaired) electrons. The monoisotopic (exact) mass is 430 g/mol. The molecule has 0 bridgehead atoms. The topological polar surface area (TPSA) is 148 Å². The Morgan fingerprint density at radius 1 is 1.28 bits per heavy atom. The van der Waals surface area contributed by atoms with Crippen LogP contribution in [0.4, 0.5) is 5.69 Å². The lowest BCUT2D eigenvalue weighted by Gasteiger charge is -2.12. The molecular weight excluding hydrogens is 416 g/mol. The molecular formula is C18H15ClN6O3S. The van der Waals surface area contributed by atoms with E-state index in [0.29, 0.717) is 4.90 Å². The van der Waals surface area contributed by atoms with Crippen LogP contribution >= 0.6 is 23.4 Å². The maximum Gasteiger partial charge on any atom is 0.274 e. The molecule has 0 atom stereocenters. The zero-order chi connectivity index (χ0) is 21.1. The van der Waals surface area contributed by atoms with Gasteiger partial charge in [0.1, 0.15) is 10.7 Å². The van der Waals surface area contributed by atoms with E-state index in [0.717, 1.165) is 16.2 Å². The largest absolute Gasteiger partial charge is 0.493 e. The zero-order valence-electron chi connectivity index (χ0n) is 14.8. The summed E-state index contributed by atoms with van der Waals surface area (Å²) in [5.74, 6) is -1.50. The average molecular weight is 431 g/mol. The van der Waals surface area contributed by atoms with E-state index in [1.54, 1.807) is 24.3 Å². The SMILES string of the molecule is C=N/C(N)=C(\N)Sc1cccc(NC(=O)c2c(O)nc3ccccn3c2=O)c1Cl. The first-order valence-corrected chi connectivity index (χ1v) is 9.23. The Kier molecular flexibility index (Phi) is 5.76. The van der Waals surface area contributed by atoms with Gasteiger partial charge in [0, 0.05) is 11.1 Å². The fourth-order valence-corrected chi connectivity index (χ4v) is 3.44. The lowest BCUT2D eigenvalue weighted by atomic mass is 10.2. The molecule has 0 unspecified atom stereocenters. The Labute approximate surface area is 173 Å². The van der Waals surface area contributed by atoms with Crippen LogP contribution in [-0.2, 0) is 0 Å². The average Bonchev–Trinajstić information content (AvgIpc) is 2.70. The molecule has 0 aliphatic rings. The number of aromatic nitrogens is 2. The molecule has 3 aromatic rings. The number of aliphatic imine (C=N–C) groups is 1. The van der Waals surface area contributed by atoms with Gasteiger partial charge in [0.25, 0.3) is 11.5 Å². The van der Waals surface area contributed by atoms with Crippen LogP contribution in [0, 0.1) is 0 Å². The number of rotatable bonds is 5. The van der Waals surface area contributed by atoms with Crippen molar-refractivity contribution in [2.75, 3.05) is 5.32 Å². The number of hydrogen-bond acceptors (Lipinski definition) is 8. The van der Waals surface area contributed by atoms with Crippen molar-refractivity contribution in [2.45, 2.75) is 4.90 Å². The quantitative estimate of drug-likeness (QED) is 0.358. The molecule has 0 saturated heterocycles. The zero-order valence-corrected chi connectivity index (χ0v) is 16.4. The molecule has 1 aromatic carbocycles. The third kappa shape index (κ3) is 4.03. The van der Waals surface area contributed by atoms with Crippen LogP contribution in [-0.4, -0.2) is 27.1 Å². The molecule has 2 aromatic heterocycles. The number of carbonyl (C=O) groups excluding carboxylic acids is 1. The second kappa shape index (κ2) is 8.25. The molecule has 2 heterocycles. The van der Waals surface area contributed by atoms with E-state index in [1.807, 2.05) is 0 Å². The van der Waals surface area contributed by atoms with Gasteiger partial charge < -0.3 is 21.9 Å². The minimum absolute atomic E-state index is 0.0423. The van der Waals surface area contributed by atoms with E-state index in [1.165, 1.54) is 18.3 Å². The maximum absolute atomic E-state index is 12.7. The highest BCUT2D eigenvalue weighted by Crippen LogP contribution is 2.36. The molecule has 1 amide bonds. The summed E-state index contributed by atoms with van der Waals surface area (Å²) in [5, 5.41) is 12.9. The Hall–Kier alpha value is -3.50. The molecule has 0 aliphatic carbocycles. The van der Waals surface area contributed by atoms with E-state index in [2.05, 4.69) is 22.0 Å². The van der Waals surface area contributed by atoms with Crippen LogP contribution in [0.2, 0.25) is 5.02 Å². The van der Waals surface area contributed by atoms with Crippen molar-refractivity contribution >= 4 is 47.3 Å². The second-order valence-corrected chi connectivity index (χ2v) is 7.09. The van der Waals surface area contributed by atoms with Gasteiger partial charge in [-0.05, 0) is 31.0 Å². The highest BCUT2D eigenvalue weighted by molar-refractivity contribution is 8.03. The fourth-order valence-electron chi connectivity index (χ4n) is 2.40. The number of hydrogen-bond donors (Lipinski definition) is 4. The molecule has 0 aliphatic heterocycles. The first kappa shape index (κ1) is 20.2. The van der Waals surface area contributed by atoms with Crippen LogP contribution in [0.1, 0.15) is 10.4 Å². The van der Waals surface area contributed by atoms with Crippen LogP contribution in [0.15, 0.2) is 68.1 Å². The van der Waals surface area contributed by atoms with Gasteiger partial charge in [-0.1, -0.05) is 35.5 Å². The second-order valence-electron chi connectivity index (χ2n) is 5.63. The molecule has 11 heteroatoms. The summed E-state index contributed by atoms with van der Waals surface area (Å²) in [6, 6.07) is 9.60. The van der Waals surface area contributed by atoms with Crippen molar-refractivity contribution in [3.8, 4) is 5.88 Å². The van der Waals surface area contributed by atoms with Crippen LogP contribution in [0.5, 0.6) is 5.88 Å². The van der Waals surface area contributed by atoms with Crippen molar-refractivity contribution in [3.63, 3.8) is 0 Å². The van der Waals surface area contributed by atoms with Gasteiger partial charge in [0.2, 0.25) is 5.88 Å². The highest BCUT2D eigenvalue weighted by Gasteiger charge is 2.21. The van der Waals surface area contributed by atoms with E-state index >= 15 is 0 Å². The standard InChI is InChI=1S/C18H15ClN6O3S/c1-22-14(20)15(21)29-10-6-4-5-9(13(10)19)23-16(26)12-17(27)24-11-7-2-3-8-25(11)18(12)28/h2-8,27H,1,20-21H2,(H,23,26)/b15-14+. The number of fused-ring (bicyclic) bond motifs is 1. The Balaban J connectivity index is 1.96. The number of halogens is 1. The number of pyridine rings is 1. The van der Waals surface area contributed by atoms with E-state index in [4.69, 9.17) is 23.1 Å². The number of carbonyl (C=O) groups is 1. The third-order valence-electron chi connectivity index (χ3n) is 3.80. The third-order valence-corrected chi connectivity index (χ3v) is 5.30. The number of nitrogens with one attached hydrogen (secondary N) is 1. The van der Waals surface area contributed by atoms with Crippen molar-refractivity contribution in [2.24, 2.45) is 16.5 Å². The van der Waals surface area contributed by atoms with Crippen molar-refractivity contribution in [1.82, 2.24) is 9.38 Å². The van der Waals surface area contributed by atoms with Gasteiger partial charge in [-0.15, -0.1) is 0 Å². The van der Waals surface area contributed by atoms with Crippen LogP contribution in [0.25, 0.3) is 5.65 Å². The molecule has 3 rings (SSSR count). The van der Waals surface area contributed by atoms with Gasteiger partial charge in [-0.25, -0.2) is 4.99 Å². The first-order valence-electron chi connectivity index (χ1n) is 8.03. The van der Waals surface area contributed by atoms with Crippen LogP contribution in [0.3, 0.4) is 0 Å². The van der Waals surface area contributed by atoms with Gasteiger partial charge in [-0.2, -0.15) is 4.98 Å². The number of anilines is 1. The van der Waals surface area contributed by atoms with Gasteiger partial charge in [0.05, 0.1) is 10.7 Å². The number of thioether (sulfide) groups is 1. The van der Waals surface area contributed by atoms with E-state index in [9.17, 15) is 14.7 Å². The number of benzene rings is 1. The Morgan fingerprint density at radius 2 is 2.03 bits per heavy atom. The normalized spacial score (nSPS) is 11.8. The Bertz CT molecular complexity index is 1220. The minimum Gasteiger partial charge on any atom is -0.493 e. The Morgan fingerprint density at radius 3 is 2.76 bits per heavy atom. The summed E-state index contributed by atoms with van der Waals surface area (Å²) < 4.78 is 1.15. The molecule has 9 nitrogen and oxygen atoms in total. The molecule has 0 saturated carbocycles. The summed E-state index contributed by atoms with van der Waals surface area (Å²) in [4.78, 5) is 33.2. The lowest BCUT2D eigenvalue weighted by molar-refractivity contribution is 0.102. The summed E-state index contributed by atoms with van der Waals surface area (Å²) in [7, 11) is 0. The number of nitrogens with zero attached hydrogens (tertiary/aromatic N) is 3. The van der Waals surface area contributed by atoms with E-state index in [-0.39, 0.29) is 27.2 Å². The minimum atomic E-state index is -0.863. The predicted octanol–water partition coefficient (Wildman–Crippen LogP) is 2.14. The lowest BCUT2D eigenvalue weighted by Crippen LogP contribution is -2.27. The predicted molar refractivity (Wildman–Crippen MR) is 113 cm³/mol. The van der Waals surface area contributed by atoms with Gasteiger partial charge in [0.15, 0.2) is 11.4 Å². The summed E-state index contributed by atoms with van der Waals surface area (Å²) in [5.41, 5.74) is 10.6. The smallest absolute Gasteiger partial charge is 0.274 e. The van der Waals surface area contributed by atoms with Gasteiger partial charge in [-0.3, -0.25) is 14.0 Å². The van der Waals surface area contributed by atoms with Gasteiger partial charge >= 0.3 is 0 Å². The summed E-state index contributed by atoms with van der Waals surface area (Å²) in [6.45, 7) is 3.30. The number of nitrogens with two attached hydrogens (primary N) is 2. The van der Waals surface area contributed by atoms with E-state index < -0.39 is 22.9 Å². The summed E-state index contributed by atoms with van der Waals surface area (Å²) in [6.07, 6.45) is 1.44. The molecule has 0 spiro atoms. The molecule has 29 heavy (non-hydrogen) atoms. The first-order chi connectivity index (χ1) is 13.8. The molecule has 148 valence electrons. The van der Waals surface area contributed by atoms with Crippen molar-refractivity contribution in [1.29, 1.82) is 0 Å². The van der Waals surface area contributed by atoms with Crippen molar-refractivity contribution in [3.05, 3.63) is 74.4 Å². The molecule has 0 fully saturated rings. The highest BCUT2D eigenvalue weighted by atomic mass is 35.5. The number of amides is 1. The maximum atomic E-state index is 12.7. The fraction of sp³-hybridized carbons (Fsp3) is 0. The van der Waals surface area contributed by atoms with Crippen LogP contribution < -0.4 is 22.3 Å². The number of aromatic hydroxyl groups is 1.